The van der Waals surface area contributed by atoms with Crippen LogP contribution in [0.5, 0.6) is 0 Å². The summed E-state index contributed by atoms with van der Waals surface area (Å²) in [6.45, 7) is 0.486. The van der Waals surface area contributed by atoms with Gasteiger partial charge in [0.15, 0.2) is 0 Å². The first kappa shape index (κ1) is 14.1. The molecule has 94 valence electrons. The van der Waals surface area contributed by atoms with Crippen molar-refractivity contribution in [2.45, 2.75) is 6.54 Å². The van der Waals surface area contributed by atoms with E-state index in [1.54, 1.807) is 4.90 Å². The zero-order valence-corrected chi connectivity index (χ0v) is 10.6. The summed E-state index contributed by atoms with van der Waals surface area (Å²) in [6, 6.07) is 18.7. The van der Waals surface area contributed by atoms with Crippen molar-refractivity contribution in [2.75, 3.05) is 4.90 Å². The fourth-order valence-electron chi connectivity index (χ4n) is 1.67. The minimum Gasteiger partial charge on any atom is -0.351 e. The number of hydrogen-bond donors (Lipinski definition) is 1. The van der Waals surface area contributed by atoms with Crippen molar-refractivity contribution in [3.63, 3.8) is 0 Å². The number of halogens is 1. The van der Waals surface area contributed by atoms with Crippen molar-refractivity contribution in [1.29, 1.82) is 0 Å². The predicted octanol–water partition coefficient (Wildman–Crippen LogP) is 3.19. The summed E-state index contributed by atoms with van der Waals surface area (Å²) in [5, 5.41) is 0. The van der Waals surface area contributed by atoms with Crippen molar-refractivity contribution in [3.8, 4) is 0 Å². The minimum absolute atomic E-state index is 0. The molecule has 0 spiro atoms. The Bertz CT molecular complexity index is 488. The van der Waals surface area contributed by atoms with Gasteiger partial charge in [0.25, 0.3) is 0 Å². The van der Waals surface area contributed by atoms with Gasteiger partial charge in [-0.2, -0.15) is 0 Å². The van der Waals surface area contributed by atoms with Crippen molar-refractivity contribution >= 4 is 24.1 Å². The molecule has 0 saturated carbocycles. The van der Waals surface area contributed by atoms with Crippen LogP contribution in [0.15, 0.2) is 60.7 Å². The van der Waals surface area contributed by atoms with E-state index in [0.717, 1.165) is 11.3 Å². The van der Waals surface area contributed by atoms with Gasteiger partial charge in [0.05, 0.1) is 6.54 Å². The van der Waals surface area contributed by atoms with Gasteiger partial charge in [-0.1, -0.05) is 48.5 Å². The zero-order chi connectivity index (χ0) is 12.1. The Morgan fingerprint density at radius 2 is 1.44 bits per heavy atom. The number of nitrogens with zero attached hydrogens (tertiary/aromatic N) is 1. The molecule has 2 amide bonds. The summed E-state index contributed by atoms with van der Waals surface area (Å²) in [4.78, 5) is 13.0. The second-order valence-electron chi connectivity index (χ2n) is 3.75. The molecule has 0 aromatic heterocycles. The number of nitrogens with two attached hydrogens (primary N) is 1. The summed E-state index contributed by atoms with van der Waals surface area (Å²) < 4.78 is 0. The number of carbonyl (C=O) groups excluding carboxylic acids is 1. The predicted molar refractivity (Wildman–Crippen MR) is 75.9 cm³/mol. The van der Waals surface area contributed by atoms with Gasteiger partial charge in [0.2, 0.25) is 0 Å². The summed E-state index contributed by atoms with van der Waals surface area (Å²) in [7, 11) is 0. The second-order valence-corrected chi connectivity index (χ2v) is 3.75. The van der Waals surface area contributed by atoms with E-state index >= 15 is 0 Å². The van der Waals surface area contributed by atoms with Crippen molar-refractivity contribution < 1.29 is 4.79 Å². The Kier molecular flexibility index (Phi) is 5.21. The summed E-state index contributed by atoms with van der Waals surface area (Å²) in [5.41, 5.74) is 7.26. The Morgan fingerprint density at radius 3 is 1.94 bits per heavy atom. The van der Waals surface area contributed by atoms with Crippen molar-refractivity contribution in [3.05, 3.63) is 66.2 Å². The summed E-state index contributed by atoms with van der Waals surface area (Å²) in [6.07, 6.45) is 0. The van der Waals surface area contributed by atoms with Crippen LogP contribution in [0, 0.1) is 0 Å². The van der Waals surface area contributed by atoms with E-state index in [4.69, 9.17) is 5.73 Å². The van der Waals surface area contributed by atoms with Crippen molar-refractivity contribution in [2.24, 2.45) is 5.73 Å². The Hall–Kier alpha value is -2.00. The smallest absolute Gasteiger partial charge is 0.319 e. The Balaban J connectivity index is 0.00000162. The lowest BCUT2D eigenvalue weighted by Crippen LogP contribution is -2.35. The number of rotatable bonds is 3. The SMILES string of the molecule is Cl.NC(=O)N(Cc1ccccc1)c1ccccc1. The lowest BCUT2D eigenvalue weighted by atomic mass is 10.2. The first-order valence-corrected chi connectivity index (χ1v) is 5.43. The second kappa shape index (κ2) is 6.67. The first-order valence-electron chi connectivity index (χ1n) is 5.43. The van der Waals surface area contributed by atoms with Gasteiger partial charge in [-0.05, 0) is 17.7 Å². The molecule has 0 saturated heterocycles. The number of primary amides is 1. The largest absolute Gasteiger partial charge is 0.351 e. The van der Waals surface area contributed by atoms with E-state index in [1.807, 2.05) is 60.7 Å². The highest BCUT2D eigenvalue weighted by atomic mass is 35.5. The molecular weight excluding hydrogens is 248 g/mol. The molecule has 18 heavy (non-hydrogen) atoms. The third kappa shape index (κ3) is 3.50. The van der Waals surface area contributed by atoms with Gasteiger partial charge in [-0.25, -0.2) is 4.79 Å². The number of urea groups is 1. The molecule has 0 radical (unpaired) electrons. The summed E-state index contributed by atoms with van der Waals surface area (Å²) in [5.74, 6) is 0. The molecule has 4 heteroatoms. The van der Waals surface area contributed by atoms with Gasteiger partial charge in [-0.15, -0.1) is 12.4 Å². The number of anilines is 1. The monoisotopic (exact) mass is 262 g/mol. The molecular formula is C14H15ClN2O. The number of para-hydroxylation sites is 1. The van der Waals surface area contributed by atoms with Gasteiger partial charge in [-0.3, -0.25) is 4.90 Å². The van der Waals surface area contributed by atoms with E-state index in [1.165, 1.54) is 0 Å². The molecule has 2 N–H and O–H groups in total. The number of amides is 2. The standard InChI is InChI=1S/C14H14N2O.ClH/c15-14(17)16(13-9-5-2-6-10-13)11-12-7-3-1-4-8-12;/h1-10H,11H2,(H2,15,17);1H. The average molecular weight is 263 g/mol. The number of benzene rings is 2. The zero-order valence-electron chi connectivity index (χ0n) is 9.82. The van der Waals surface area contributed by atoms with Crippen LogP contribution in [0.25, 0.3) is 0 Å². The molecule has 0 aliphatic carbocycles. The maximum atomic E-state index is 11.5. The number of carbonyl (C=O) groups is 1. The maximum Gasteiger partial charge on any atom is 0.319 e. The molecule has 0 fully saturated rings. The van der Waals surface area contributed by atoms with Crippen LogP contribution in [0.4, 0.5) is 10.5 Å². The van der Waals surface area contributed by atoms with E-state index in [0.29, 0.717) is 6.54 Å². The first-order chi connectivity index (χ1) is 8.27. The lowest BCUT2D eigenvalue weighted by Gasteiger charge is -2.20. The van der Waals surface area contributed by atoms with E-state index in [9.17, 15) is 4.79 Å². The topological polar surface area (TPSA) is 46.3 Å². The molecule has 3 nitrogen and oxygen atoms in total. The van der Waals surface area contributed by atoms with Crippen LogP contribution in [0.2, 0.25) is 0 Å². The van der Waals surface area contributed by atoms with Gasteiger partial charge < -0.3 is 5.73 Å². The van der Waals surface area contributed by atoms with Gasteiger partial charge >= 0.3 is 6.03 Å². The fourth-order valence-corrected chi connectivity index (χ4v) is 1.67. The van der Waals surface area contributed by atoms with E-state index in [-0.39, 0.29) is 12.4 Å². The highest BCUT2D eigenvalue weighted by Crippen LogP contribution is 2.16. The molecule has 0 heterocycles. The minimum atomic E-state index is -0.444. The molecule has 0 atom stereocenters. The van der Waals surface area contributed by atoms with Gasteiger partial charge in [0, 0.05) is 5.69 Å². The van der Waals surface area contributed by atoms with Crippen LogP contribution in [0.1, 0.15) is 5.56 Å². The van der Waals surface area contributed by atoms with E-state index < -0.39 is 6.03 Å². The maximum absolute atomic E-state index is 11.5. The highest BCUT2D eigenvalue weighted by molar-refractivity contribution is 5.90. The van der Waals surface area contributed by atoms with Crippen LogP contribution in [-0.4, -0.2) is 6.03 Å². The highest BCUT2D eigenvalue weighted by Gasteiger charge is 2.11. The average Bonchev–Trinajstić information content (AvgIpc) is 2.38. The third-order valence-electron chi connectivity index (χ3n) is 2.52. The molecule has 2 aromatic rings. The third-order valence-corrected chi connectivity index (χ3v) is 2.52. The summed E-state index contributed by atoms with van der Waals surface area (Å²) >= 11 is 0. The van der Waals surface area contributed by atoms with Crippen molar-refractivity contribution in [1.82, 2.24) is 0 Å². The van der Waals surface area contributed by atoms with E-state index in [2.05, 4.69) is 0 Å². The lowest BCUT2D eigenvalue weighted by molar-refractivity contribution is 0.253. The Morgan fingerprint density at radius 1 is 0.944 bits per heavy atom. The Labute approximate surface area is 113 Å². The fraction of sp³-hybridized carbons (Fsp3) is 0.0714. The van der Waals surface area contributed by atoms with Crippen LogP contribution in [-0.2, 0) is 6.54 Å². The van der Waals surface area contributed by atoms with Crippen LogP contribution in [0.3, 0.4) is 0 Å². The van der Waals surface area contributed by atoms with Crippen LogP contribution < -0.4 is 10.6 Å². The number of hydrogen-bond acceptors (Lipinski definition) is 1. The molecule has 2 rings (SSSR count). The quantitative estimate of drug-likeness (QED) is 0.907. The van der Waals surface area contributed by atoms with Crippen LogP contribution >= 0.6 is 12.4 Å². The molecule has 0 aliphatic heterocycles. The normalized spacial score (nSPS) is 9.33. The molecule has 2 aromatic carbocycles. The van der Waals surface area contributed by atoms with Gasteiger partial charge in [0.1, 0.15) is 0 Å². The molecule has 0 bridgehead atoms. The molecule has 0 unspecified atom stereocenters. The molecule has 0 aliphatic rings.